The maximum absolute atomic E-state index is 12.0. The first kappa shape index (κ1) is 14.5. The van der Waals surface area contributed by atoms with E-state index in [9.17, 15) is 13.2 Å². The lowest BCUT2D eigenvalue weighted by atomic mass is 10.1. The van der Waals surface area contributed by atoms with Crippen LogP contribution in [0.5, 0.6) is 11.5 Å². The molecular formula is C13H9ClF3NO2. The van der Waals surface area contributed by atoms with Crippen molar-refractivity contribution in [3.05, 3.63) is 41.6 Å². The predicted octanol–water partition coefficient (Wildman–Crippen LogP) is 4.31. The number of methoxy groups -OCH3 is 1. The first-order valence-corrected chi connectivity index (χ1v) is 5.82. The first-order chi connectivity index (χ1) is 9.39. The van der Waals surface area contributed by atoms with Crippen LogP contribution in [0.2, 0.25) is 5.02 Å². The highest BCUT2D eigenvalue weighted by Gasteiger charge is 2.30. The number of rotatable bonds is 3. The van der Waals surface area contributed by atoms with Crippen LogP contribution in [0.4, 0.5) is 13.2 Å². The van der Waals surface area contributed by atoms with Crippen LogP contribution >= 0.6 is 11.6 Å². The summed E-state index contributed by atoms with van der Waals surface area (Å²) in [6, 6.07) is 6.86. The van der Waals surface area contributed by atoms with Gasteiger partial charge in [0.15, 0.2) is 0 Å². The molecule has 3 nitrogen and oxygen atoms in total. The van der Waals surface area contributed by atoms with E-state index in [0.29, 0.717) is 22.0 Å². The minimum absolute atomic E-state index is 0.300. The number of halogens is 4. The third kappa shape index (κ3) is 3.54. The summed E-state index contributed by atoms with van der Waals surface area (Å²) in [7, 11) is 1.48. The smallest absolute Gasteiger partial charge is 0.495 e. The zero-order valence-corrected chi connectivity index (χ0v) is 11.0. The van der Waals surface area contributed by atoms with E-state index in [4.69, 9.17) is 16.3 Å². The zero-order chi connectivity index (χ0) is 14.8. The van der Waals surface area contributed by atoms with Crippen LogP contribution in [0.3, 0.4) is 0 Å². The van der Waals surface area contributed by atoms with E-state index in [0.717, 1.165) is 0 Å². The summed E-state index contributed by atoms with van der Waals surface area (Å²) in [5.74, 6) is 0.196. The van der Waals surface area contributed by atoms with Crippen molar-refractivity contribution >= 4 is 11.6 Å². The first-order valence-electron chi connectivity index (χ1n) is 5.45. The van der Waals surface area contributed by atoms with Crippen molar-refractivity contribution in [2.75, 3.05) is 7.11 Å². The lowest BCUT2D eigenvalue weighted by Gasteiger charge is -2.10. The van der Waals surface area contributed by atoms with Gasteiger partial charge in [-0.05, 0) is 24.3 Å². The highest BCUT2D eigenvalue weighted by Crippen LogP contribution is 2.30. The molecule has 0 bridgehead atoms. The summed E-state index contributed by atoms with van der Waals surface area (Å²) < 4.78 is 44.9. The Kier molecular flexibility index (Phi) is 4.04. The van der Waals surface area contributed by atoms with Crippen LogP contribution in [0.25, 0.3) is 11.3 Å². The highest BCUT2D eigenvalue weighted by molar-refractivity contribution is 6.33. The summed E-state index contributed by atoms with van der Waals surface area (Å²) >= 11 is 6.04. The second-order valence-corrected chi connectivity index (χ2v) is 4.18. The van der Waals surface area contributed by atoms with Gasteiger partial charge >= 0.3 is 6.36 Å². The average molecular weight is 304 g/mol. The van der Waals surface area contributed by atoms with Crippen molar-refractivity contribution < 1.29 is 22.6 Å². The second-order valence-electron chi connectivity index (χ2n) is 3.78. The summed E-state index contributed by atoms with van der Waals surface area (Å²) in [5, 5.41) is 0.342. The molecule has 106 valence electrons. The van der Waals surface area contributed by atoms with E-state index >= 15 is 0 Å². The van der Waals surface area contributed by atoms with Gasteiger partial charge in [0, 0.05) is 11.6 Å². The monoisotopic (exact) mass is 303 g/mol. The van der Waals surface area contributed by atoms with Crippen molar-refractivity contribution in [1.29, 1.82) is 0 Å². The average Bonchev–Trinajstić information content (AvgIpc) is 2.38. The Morgan fingerprint density at radius 3 is 2.25 bits per heavy atom. The minimum Gasteiger partial charge on any atom is -0.495 e. The van der Waals surface area contributed by atoms with Gasteiger partial charge in [-0.15, -0.1) is 13.2 Å². The molecular weight excluding hydrogens is 295 g/mol. The van der Waals surface area contributed by atoms with Crippen molar-refractivity contribution in [3.63, 3.8) is 0 Å². The van der Waals surface area contributed by atoms with Crippen LogP contribution in [-0.4, -0.2) is 18.5 Å². The molecule has 0 aliphatic heterocycles. The molecule has 20 heavy (non-hydrogen) atoms. The second kappa shape index (κ2) is 5.58. The lowest BCUT2D eigenvalue weighted by Crippen LogP contribution is -2.16. The molecule has 0 N–H and O–H groups in total. The molecule has 0 saturated heterocycles. The number of hydrogen-bond acceptors (Lipinski definition) is 3. The third-order valence-corrected chi connectivity index (χ3v) is 2.70. The maximum atomic E-state index is 12.0. The molecule has 0 radical (unpaired) electrons. The van der Waals surface area contributed by atoms with Crippen LogP contribution in [-0.2, 0) is 0 Å². The Hall–Kier alpha value is -1.95. The number of pyridine rings is 1. The number of ether oxygens (including phenoxy) is 2. The minimum atomic E-state index is -4.71. The van der Waals surface area contributed by atoms with Crippen LogP contribution in [0, 0.1) is 0 Å². The molecule has 0 fully saturated rings. The Bertz CT molecular complexity index is 600. The number of aromatic nitrogens is 1. The molecule has 0 aliphatic rings. The highest BCUT2D eigenvalue weighted by atomic mass is 35.5. The molecule has 0 spiro atoms. The molecule has 0 unspecified atom stereocenters. The van der Waals surface area contributed by atoms with Gasteiger partial charge in [-0.1, -0.05) is 11.6 Å². The van der Waals surface area contributed by atoms with Gasteiger partial charge in [0.25, 0.3) is 0 Å². The van der Waals surface area contributed by atoms with Crippen molar-refractivity contribution in [2.45, 2.75) is 6.36 Å². The summed E-state index contributed by atoms with van der Waals surface area (Å²) in [4.78, 5) is 4.10. The third-order valence-electron chi connectivity index (χ3n) is 2.41. The number of benzene rings is 1. The van der Waals surface area contributed by atoms with Crippen molar-refractivity contribution in [2.24, 2.45) is 0 Å². The van der Waals surface area contributed by atoms with Gasteiger partial charge in [0.2, 0.25) is 0 Å². The van der Waals surface area contributed by atoms with Gasteiger partial charge in [0.05, 0.1) is 24.0 Å². The Balaban J connectivity index is 2.26. The molecule has 7 heteroatoms. The molecule has 1 aromatic carbocycles. The SMILES string of the molecule is COc1cnc(-c2ccc(OC(F)(F)F)cc2)c(Cl)c1. The summed E-state index contributed by atoms with van der Waals surface area (Å²) in [6.07, 6.45) is -3.24. The number of hydrogen-bond donors (Lipinski definition) is 0. The maximum Gasteiger partial charge on any atom is 0.573 e. The number of alkyl halides is 3. The van der Waals surface area contributed by atoms with E-state index in [1.54, 1.807) is 6.07 Å². The van der Waals surface area contributed by atoms with E-state index < -0.39 is 6.36 Å². The summed E-state index contributed by atoms with van der Waals surface area (Å²) in [5.41, 5.74) is 1.03. The standard InChI is InChI=1S/C13H9ClF3NO2/c1-19-10-6-11(14)12(18-7-10)8-2-4-9(5-3-8)20-13(15,16)17/h2-7H,1H3. The fourth-order valence-electron chi connectivity index (χ4n) is 1.56. The van der Waals surface area contributed by atoms with Crippen LogP contribution < -0.4 is 9.47 Å². The molecule has 0 atom stereocenters. The van der Waals surface area contributed by atoms with Gasteiger partial charge in [0.1, 0.15) is 11.5 Å². The summed E-state index contributed by atoms with van der Waals surface area (Å²) in [6.45, 7) is 0. The largest absolute Gasteiger partial charge is 0.573 e. The van der Waals surface area contributed by atoms with E-state index in [1.807, 2.05) is 0 Å². The fourth-order valence-corrected chi connectivity index (χ4v) is 1.82. The van der Waals surface area contributed by atoms with Gasteiger partial charge < -0.3 is 9.47 Å². The van der Waals surface area contributed by atoms with Crippen LogP contribution in [0.15, 0.2) is 36.5 Å². The molecule has 2 aromatic rings. The Morgan fingerprint density at radius 2 is 1.75 bits per heavy atom. The lowest BCUT2D eigenvalue weighted by molar-refractivity contribution is -0.274. The van der Waals surface area contributed by atoms with Crippen LogP contribution in [0.1, 0.15) is 0 Å². The van der Waals surface area contributed by atoms with E-state index in [-0.39, 0.29) is 5.75 Å². The Morgan fingerprint density at radius 1 is 1.10 bits per heavy atom. The molecule has 1 aromatic heterocycles. The quantitative estimate of drug-likeness (QED) is 0.846. The predicted molar refractivity (Wildman–Crippen MR) is 67.9 cm³/mol. The molecule has 0 aliphatic carbocycles. The van der Waals surface area contributed by atoms with Gasteiger partial charge in [-0.3, -0.25) is 4.98 Å². The zero-order valence-electron chi connectivity index (χ0n) is 10.2. The van der Waals surface area contributed by atoms with Crippen molar-refractivity contribution in [1.82, 2.24) is 4.98 Å². The number of nitrogens with zero attached hydrogens (tertiary/aromatic N) is 1. The molecule has 1 heterocycles. The normalized spacial score (nSPS) is 11.2. The van der Waals surface area contributed by atoms with Gasteiger partial charge in [-0.25, -0.2) is 0 Å². The van der Waals surface area contributed by atoms with Crippen molar-refractivity contribution in [3.8, 4) is 22.8 Å². The van der Waals surface area contributed by atoms with E-state index in [1.165, 1.54) is 37.6 Å². The fraction of sp³-hybridized carbons (Fsp3) is 0.154. The topological polar surface area (TPSA) is 31.4 Å². The Labute approximate surface area is 117 Å². The molecule has 2 rings (SSSR count). The molecule has 0 saturated carbocycles. The van der Waals surface area contributed by atoms with Gasteiger partial charge in [-0.2, -0.15) is 0 Å². The van der Waals surface area contributed by atoms with E-state index in [2.05, 4.69) is 9.72 Å². The molecule has 0 amide bonds.